The molecule has 0 saturated heterocycles. The number of rotatable bonds is 4. The Kier molecular flexibility index (Phi) is 2.83. The number of pyridine rings is 1. The summed E-state index contributed by atoms with van der Waals surface area (Å²) in [5.74, 6) is -1.30. The number of nitrogens with one attached hydrogen (secondary N) is 1. The van der Waals surface area contributed by atoms with Crippen molar-refractivity contribution in [2.75, 3.05) is 6.54 Å². The van der Waals surface area contributed by atoms with Crippen LogP contribution in [0.1, 0.15) is 40.6 Å². The topological polar surface area (TPSA) is 79.3 Å². The van der Waals surface area contributed by atoms with Crippen molar-refractivity contribution < 1.29 is 14.7 Å². The van der Waals surface area contributed by atoms with Gasteiger partial charge in [0, 0.05) is 12.7 Å². The fraction of sp³-hybridized carbons (Fsp3) is 0.417. The van der Waals surface area contributed by atoms with Crippen LogP contribution in [-0.4, -0.2) is 28.5 Å². The molecule has 5 nitrogen and oxygen atoms in total. The third kappa shape index (κ3) is 2.81. The summed E-state index contributed by atoms with van der Waals surface area (Å²) < 4.78 is 0. The lowest BCUT2D eigenvalue weighted by Crippen LogP contribution is -2.29. The zero-order chi connectivity index (χ0) is 12.5. The van der Waals surface area contributed by atoms with E-state index in [2.05, 4.69) is 17.2 Å². The molecular formula is C12H14N2O3. The van der Waals surface area contributed by atoms with Crippen LogP contribution in [0.15, 0.2) is 18.3 Å². The summed E-state index contributed by atoms with van der Waals surface area (Å²) in [5, 5.41) is 11.5. The summed E-state index contributed by atoms with van der Waals surface area (Å²) in [7, 11) is 0. The van der Waals surface area contributed by atoms with Gasteiger partial charge in [-0.3, -0.25) is 9.78 Å². The van der Waals surface area contributed by atoms with E-state index in [1.165, 1.54) is 18.3 Å². The Morgan fingerprint density at radius 3 is 2.65 bits per heavy atom. The monoisotopic (exact) mass is 234 g/mol. The van der Waals surface area contributed by atoms with Crippen LogP contribution in [0.2, 0.25) is 0 Å². The molecule has 1 aliphatic carbocycles. The minimum atomic E-state index is -1.05. The molecule has 0 atom stereocenters. The average Bonchev–Trinajstić information content (AvgIpc) is 3.05. The van der Waals surface area contributed by atoms with Crippen LogP contribution in [-0.2, 0) is 0 Å². The van der Waals surface area contributed by atoms with Crippen molar-refractivity contribution in [3.63, 3.8) is 0 Å². The van der Waals surface area contributed by atoms with Crippen LogP contribution in [0.4, 0.5) is 0 Å². The van der Waals surface area contributed by atoms with Crippen molar-refractivity contribution >= 4 is 11.9 Å². The Balaban J connectivity index is 1.96. The maximum absolute atomic E-state index is 11.7. The SMILES string of the molecule is CC1(CNC(=O)c2ccc(C(=O)O)cn2)CC1. The molecule has 0 unspecified atom stereocenters. The van der Waals surface area contributed by atoms with Gasteiger partial charge in [0.15, 0.2) is 0 Å². The molecular weight excluding hydrogens is 220 g/mol. The largest absolute Gasteiger partial charge is 0.478 e. The molecule has 17 heavy (non-hydrogen) atoms. The molecule has 2 rings (SSSR count). The number of carboxylic acids is 1. The van der Waals surface area contributed by atoms with Crippen molar-refractivity contribution in [1.82, 2.24) is 10.3 Å². The molecule has 1 heterocycles. The Morgan fingerprint density at radius 1 is 1.47 bits per heavy atom. The van der Waals surface area contributed by atoms with Crippen molar-refractivity contribution in [1.29, 1.82) is 0 Å². The van der Waals surface area contributed by atoms with Gasteiger partial charge in [-0.2, -0.15) is 0 Å². The number of aromatic carboxylic acids is 1. The van der Waals surface area contributed by atoms with Crippen LogP contribution >= 0.6 is 0 Å². The van der Waals surface area contributed by atoms with E-state index in [1.807, 2.05) is 0 Å². The highest BCUT2D eigenvalue weighted by atomic mass is 16.4. The van der Waals surface area contributed by atoms with E-state index in [9.17, 15) is 9.59 Å². The molecule has 90 valence electrons. The number of hydrogen-bond donors (Lipinski definition) is 2. The summed E-state index contributed by atoms with van der Waals surface area (Å²) in [5.41, 5.74) is 0.575. The molecule has 2 N–H and O–H groups in total. The number of carboxylic acid groups (broad SMARTS) is 1. The van der Waals surface area contributed by atoms with Crippen LogP contribution in [0.5, 0.6) is 0 Å². The van der Waals surface area contributed by atoms with Gasteiger partial charge >= 0.3 is 5.97 Å². The lowest BCUT2D eigenvalue weighted by Gasteiger charge is -2.09. The fourth-order valence-electron chi connectivity index (χ4n) is 1.43. The quantitative estimate of drug-likeness (QED) is 0.823. The van der Waals surface area contributed by atoms with E-state index >= 15 is 0 Å². The normalized spacial score (nSPS) is 16.3. The van der Waals surface area contributed by atoms with E-state index in [-0.39, 0.29) is 22.6 Å². The van der Waals surface area contributed by atoms with Crippen LogP contribution < -0.4 is 5.32 Å². The van der Waals surface area contributed by atoms with Crippen LogP contribution in [0.3, 0.4) is 0 Å². The molecule has 0 aromatic carbocycles. The zero-order valence-corrected chi connectivity index (χ0v) is 9.56. The van der Waals surface area contributed by atoms with Gasteiger partial charge in [0.2, 0.25) is 0 Å². The lowest BCUT2D eigenvalue weighted by atomic mass is 10.1. The van der Waals surface area contributed by atoms with Gasteiger partial charge in [-0.25, -0.2) is 4.79 Å². The number of carbonyl (C=O) groups excluding carboxylic acids is 1. The average molecular weight is 234 g/mol. The maximum atomic E-state index is 11.7. The molecule has 5 heteroatoms. The standard InChI is InChI=1S/C12H14N2O3/c1-12(4-5-12)7-14-10(15)9-3-2-8(6-13-9)11(16)17/h2-3,6H,4-5,7H2,1H3,(H,14,15)(H,16,17). The Morgan fingerprint density at radius 2 is 2.18 bits per heavy atom. The number of amides is 1. The minimum Gasteiger partial charge on any atom is -0.478 e. The maximum Gasteiger partial charge on any atom is 0.337 e. The van der Waals surface area contributed by atoms with E-state index in [4.69, 9.17) is 5.11 Å². The minimum absolute atomic E-state index is 0.0794. The number of hydrogen-bond acceptors (Lipinski definition) is 3. The van der Waals surface area contributed by atoms with Gasteiger partial charge < -0.3 is 10.4 Å². The predicted molar refractivity (Wildman–Crippen MR) is 60.9 cm³/mol. The molecule has 0 spiro atoms. The third-order valence-corrected chi connectivity index (χ3v) is 3.02. The lowest BCUT2D eigenvalue weighted by molar-refractivity contribution is 0.0695. The second kappa shape index (κ2) is 4.16. The molecule has 1 aromatic rings. The summed E-state index contributed by atoms with van der Waals surface area (Å²) in [6, 6.07) is 2.80. The van der Waals surface area contributed by atoms with Crippen molar-refractivity contribution in [2.45, 2.75) is 19.8 Å². The van der Waals surface area contributed by atoms with Crippen LogP contribution in [0.25, 0.3) is 0 Å². The van der Waals surface area contributed by atoms with Gasteiger partial charge in [-0.05, 0) is 30.4 Å². The smallest absolute Gasteiger partial charge is 0.337 e. The van der Waals surface area contributed by atoms with Crippen molar-refractivity contribution in [3.8, 4) is 0 Å². The van der Waals surface area contributed by atoms with Gasteiger partial charge in [0.1, 0.15) is 5.69 Å². The Labute approximate surface area is 98.9 Å². The van der Waals surface area contributed by atoms with Gasteiger partial charge in [-0.1, -0.05) is 6.92 Å². The molecule has 0 bridgehead atoms. The van der Waals surface area contributed by atoms with E-state index in [0.29, 0.717) is 6.54 Å². The second-order valence-electron chi connectivity index (χ2n) is 4.73. The molecule has 1 saturated carbocycles. The molecule has 0 radical (unpaired) electrons. The summed E-state index contributed by atoms with van der Waals surface area (Å²) >= 11 is 0. The highest BCUT2D eigenvalue weighted by molar-refractivity contribution is 5.93. The third-order valence-electron chi connectivity index (χ3n) is 3.02. The van der Waals surface area contributed by atoms with Crippen LogP contribution in [0, 0.1) is 5.41 Å². The first-order chi connectivity index (χ1) is 8.00. The summed E-state index contributed by atoms with van der Waals surface area (Å²) in [6.45, 7) is 2.77. The molecule has 1 aliphatic rings. The highest BCUT2D eigenvalue weighted by Crippen LogP contribution is 2.44. The van der Waals surface area contributed by atoms with E-state index in [0.717, 1.165) is 12.8 Å². The number of aromatic nitrogens is 1. The summed E-state index contributed by atoms with van der Waals surface area (Å²) in [4.78, 5) is 26.1. The Hall–Kier alpha value is -1.91. The first-order valence-electron chi connectivity index (χ1n) is 5.48. The first kappa shape index (κ1) is 11.6. The Bertz CT molecular complexity index is 449. The first-order valence-corrected chi connectivity index (χ1v) is 5.48. The van der Waals surface area contributed by atoms with Crippen molar-refractivity contribution in [3.05, 3.63) is 29.6 Å². The highest BCUT2D eigenvalue weighted by Gasteiger charge is 2.37. The van der Waals surface area contributed by atoms with Gasteiger partial charge in [0.05, 0.1) is 5.56 Å². The number of carbonyl (C=O) groups is 2. The predicted octanol–water partition coefficient (Wildman–Crippen LogP) is 1.31. The summed E-state index contributed by atoms with van der Waals surface area (Å²) in [6.07, 6.45) is 3.47. The van der Waals surface area contributed by atoms with Crippen molar-refractivity contribution in [2.24, 2.45) is 5.41 Å². The number of nitrogens with zero attached hydrogens (tertiary/aromatic N) is 1. The van der Waals surface area contributed by atoms with E-state index in [1.54, 1.807) is 0 Å². The fourth-order valence-corrected chi connectivity index (χ4v) is 1.43. The molecule has 1 amide bonds. The van der Waals surface area contributed by atoms with Gasteiger partial charge in [-0.15, -0.1) is 0 Å². The molecule has 1 aromatic heterocycles. The zero-order valence-electron chi connectivity index (χ0n) is 9.56. The van der Waals surface area contributed by atoms with E-state index < -0.39 is 5.97 Å². The molecule has 1 fully saturated rings. The van der Waals surface area contributed by atoms with Gasteiger partial charge in [0.25, 0.3) is 5.91 Å². The molecule has 0 aliphatic heterocycles. The second-order valence-corrected chi connectivity index (χ2v) is 4.73.